The summed E-state index contributed by atoms with van der Waals surface area (Å²) in [5.74, 6) is 0. The number of aromatic amines is 1. The first kappa shape index (κ1) is 5.31. The zero-order valence-corrected chi connectivity index (χ0v) is 9.62. The standard InChI is InChI=1S/C9H11BrN4O2/c1-4(2)14-5-6(11-8(14)10)13(3)9(16)12-7(5)15/h4H,1-3H3,(H,12,15,16)/i1D3,2D3,4D. The molecule has 0 bridgehead atoms. The molecule has 0 saturated heterocycles. The van der Waals surface area contributed by atoms with E-state index in [-0.39, 0.29) is 10.4 Å². The van der Waals surface area contributed by atoms with Gasteiger partial charge in [0.05, 0.1) is 1.37 Å². The highest BCUT2D eigenvalue weighted by Crippen LogP contribution is 2.20. The van der Waals surface area contributed by atoms with E-state index >= 15 is 0 Å². The first-order valence-electron chi connectivity index (χ1n) is 7.61. The molecular weight excluding hydrogens is 276 g/mol. The smallest absolute Gasteiger partial charge is 0.310 e. The predicted molar refractivity (Wildman–Crippen MR) is 63.7 cm³/mol. The van der Waals surface area contributed by atoms with E-state index in [1.165, 1.54) is 7.05 Å². The van der Waals surface area contributed by atoms with Crippen molar-refractivity contribution in [3.63, 3.8) is 0 Å². The minimum Gasteiger partial charge on any atom is -0.310 e. The fourth-order valence-electron chi connectivity index (χ4n) is 1.36. The molecule has 0 unspecified atom stereocenters. The van der Waals surface area contributed by atoms with Crippen LogP contribution < -0.4 is 11.2 Å². The molecule has 2 rings (SSSR count). The molecule has 7 heteroatoms. The Morgan fingerprint density at radius 2 is 2.25 bits per heavy atom. The first-order valence-corrected chi connectivity index (χ1v) is 4.90. The maximum atomic E-state index is 12.1. The van der Waals surface area contributed by atoms with Gasteiger partial charge < -0.3 is 4.57 Å². The van der Waals surface area contributed by atoms with E-state index in [1.807, 2.05) is 4.98 Å². The van der Waals surface area contributed by atoms with Gasteiger partial charge in [-0.3, -0.25) is 14.3 Å². The van der Waals surface area contributed by atoms with Gasteiger partial charge in [0.25, 0.3) is 5.56 Å². The molecule has 0 aliphatic rings. The zero-order valence-electron chi connectivity index (χ0n) is 15.0. The molecule has 0 amide bonds. The van der Waals surface area contributed by atoms with E-state index in [0.717, 1.165) is 4.57 Å². The van der Waals surface area contributed by atoms with E-state index < -0.39 is 36.5 Å². The fraction of sp³-hybridized carbons (Fsp3) is 0.444. The van der Waals surface area contributed by atoms with E-state index in [2.05, 4.69) is 20.9 Å². The Hall–Kier alpha value is -1.37. The van der Waals surface area contributed by atoms with Crippen molar-refractivity contribution in [3.05, 3.63) is 25.6 Å². The highest BCUT2D eigenvalue weighted by atomic mass is 79.9. The third kappa shape index (κ3) is 1.42. The minimum absolute atomic E-state index is 0.240. The second kappa shape index (κ2) is 3.58. The average Bonchev–Trinajstić information content (AvgIpc) is 2.70. The fourth-order valence-corrected chi connectivity index (χ4v) is 1.88. The molecule has 2 aromatic heterocycles. The van der Waals surface area contributed by atoms with Crippen LogP contribution in [0.3, 0.4) is 0 Å². The molecule has 0 atom stereocenters. The molecule has 6 nitrogen and oxygen atoms in total. The number of imidazole rings is 1. The van der Waals surface area contributed by atoms with Gasteiger partial charge in [-0.25, -0.2) is 9.78 Å². The number of nitrogens with zero attached hydrogens (tertiary/aromatic N) is 3. The SMILES string of the molecule is [2H]C([2H])([2H])C([2H])(n1c(Br)nc2c1c(=O)[nH]c(=O)n2C)C([2H])([2H])[2H]. The van der Waals surface area contributed by atoms with Crippen LogP contribution in [0.4, 0.5) is 0 Å². The Balaban J connectivity index is 3.09. The van der Waals surface area contributed by atoms with Crippen molar-refractivity contribution >= 4 is 27.1 Å². The van der Waals surface area contributed by atoms with Crippen molar-refractivity contribution in [1.29, 1.82) is 0 Å². The van der Waals surface area contributed by atoms with Gasteiger partial charge in [0.15, 0.2) is 15.9 Å². The zero-order chi connectivity index (χ0) is 18.0. The molecule has 0 saturated carbocycles. The quantitative estimate of drug-likeness (QED) is 0.789. The summed E-state index contributed by atoms with van der Waals surface area (Å²) in [5, 5.41) is 0. The topological polar surface area (TPSA) is 72.7 Å². The summed E-state index contributed by atoms with van der Waals surface area (Å²) in [6.45, 7) is -6.62. The van der Waals surface area contributed by atoms with Gasteiger partial charge in [-0.05, 0) is 29.6 Å². The molecule has 86 valence electrons. The number of rotatable bonds is 1. The summed E-state index contributed by atoms with van der Waals surface area (Å²) in [4.78, 5) is 29.4. The number of aromatic nitrogens is 4. The van der Waals surface area contributed by atoms with Gasteiger partial charge in [-0.1, -0.05) is 0 Å². The van der Waals surface area contributed by atoms with Crippen molar-refractivity contribution < 1.29 is 9.60 Å². The van der Waals surface area contributed by atoms with Crippen LogP contribution in [0.15, 0.2) is 14.3 Å². The highest BCUT2D eigenvalue weighted by molar-refractivity contribution is 9.10. The van der Waals surface area contributed by atoms with E-state index in [1.54, 1.807) is 0 Å². The minimum atomic E-state index is -3.31. The summed E-state index contributed by atoms with van der Waals surface area (Å²) in [6.07, 6.45) is 0. The van der Waals surface area contributed by atoms with Gasteiger partial charge in [-0.2, -0.15) is 0 Å². The first-order chi connectivity index (χ1) is 10.2. The maximum Gasteiger partial charge on any atom is 0.329 e. The van der Waals surface area contributed by atoms with Crippen molar-refractivity contribution in [3.8, 4) is 0 Å². The lowest BCUT2D eigenvalue weighted by atomic mass is 10.4. The molecule has 0 spiro atoms. The van der Waals surface area contributed by atoms with Crippen LogP contribution in [-0.2, 0) is 7.05 Å². The summed E-state index contributed by atoms with van der Waals surface area (Å²) in [5.41, 5.74) is -2.58. The van der Waals surface area contributed by atoms with Crippen LogP contribution in [0.25, 0.3) is 11.2 Å². The molecule has 2 heterocycles. The van der Waals surface area contributed by atoms with Crippen LogP contribution in [0.5, 0.6) is 0 Å². The molecule has 0 aromatic carbocycles. The monoisotopic (exact) mass is 293 g/mol. The maximum absolute atomic E-state index is 12.1. The number of aryl methyl sites for hydroxylation is 1. The Labute approximate surface area is 109 Å². The summed E-state index contributed by atoms with van der Waals surface area (Å²) in [6, 6.07) is -3.18. The third-order valence-corrected chi connectivity index (χ3v) is 2.63. The Kier molecular flexibility index (Phi) is 1.19. The van der Waals surface area contributed by atoms with Crippen molar-refractivity contribution in [2.75, 3.05) is 0 Å². The number of hydrogen-bond donors (Lipinski definition) is 1. The van der Waals surface area contributed by atoms with Crippen molar-refractivity contribution in [2.45, 2.75) is 19.7 Å². The number of halogens is 1. The Morgan fingerprint density at radius 3 is 2.88 bits per heavy atom. The lowest BCUT2D eigenvalue weighted by Crippen LogP contribution is -2.29. The van der Waals surface area contributed by atoms with E-state index in [9.17, 15) is 9.59 Å². The molecule has 16 heavy (non-hydrogen) atoms. The molecule has 1 N–H and O–H groups in total. The molecule has 2 aromatic rings. The second-order valence-electron chi connectivity index (χ2n) is 3.06. The van der Waals surface area contributed by atoms with Gasteiger partial charge in [0.1, 0.15) is 0 Å². The highest BCUT2D eigenvalue weighted by Gasteiger charge is 2.17. The number of hydrogen-bond acceptors (Lipinski definition) is 3. The van der Waals surface area contributed by atoms with E-state index in [0.29, 0.717) is 4.57 Å². The van der Waals surface area contributed by atoms with Gasteiger partial charge in [0.2, 0.25) is 0 Å². The number of nitrogens with one attached hydrogen (secondary N) is 1. The molecule has 0 radical (unpaired) electrons. The normalized spacial score (nSPS) is 20.2. The lowest BCUT2D eigenvalue weighted by molar-refractivity contribution is 0.602. The largest absolute Gasteiger partial charge is 0.329 e. The third-order valence-electron chi connectivity index (χ3n) is 2.10. The molecule has 0 aliphatic carbocycles. The molecular formula is C9H11BrN4O2. The summed E-state index contributed by atoms with van der Waals surface area (Å²) >= 11 is 2.89. The lowest BCUT2D eigenvalue weighted by Gasteiger charge is -2.08. The second-order valence-corrected chi connectivity index (χ2v) is 3.76. The number of fused-ring (bicyclic) bond motifs is 1. The Morgan fingerprint density at radius 1 is 1.56 bits per heavy atom. The van der Waals surface area contributed by atoms with Gasteiger partial charge in [0, 0.05) is 21.3 Å². The summed E-state index contributed by atoms with van der Waals surface area (Å²) < 4.78 is 54.1. The number of H-pyrrole nitrogens is 1. The van der Waals surface area contributed by atoms with Crippen LogP contribution in [0.2, 0.25) is 0 Å². The van der Waals surface area contributed by atoms with Crippen molar-refractivity contribution in [1.82, 2.24) is 19.1 Å². The van der Waals surface area contributed by atoms with E-state index in [4.69, 9.17) is 9.60 Å². The van der Waals surface area contributed by atoms with Crippen molar-refractivity contribution in [2.24, 2.45) is 7.05 Å². The van der Waals surface area contributed by atoms with Gasteiger partial charge >= 0.3 is 5.69 Å². The van der Waals surface area contributed by atoms with Crippen LogP contribution in [0.1, 0.15) is 29.3 Å². The predicted octanol–water partition coefficient (Wildman–Crippen LogP) is 0.767. The van der Waals surface area contributed by atoms with Crippen LogP contribution in [0, 0.1) is 0 Å². The summed E-state index contributed by atoms with van der Waals surface area (Å²) in [7, 11) is 1.26. The van der Waals surface area contributed by atoms with Gasteiger partial charge in [-0.15, -0.1) is 0 Å². The van der Waals surface area contributed by atoms with Crippen LogP contribution >= 0.6 is 15.9 Å². The average molecular weight is 294 g/mol. The molecule has 0 fully saturated rings. The van der Waals surface area contributed by atoms with Crippen LogP contribution in [-0.4, -0.2) is 19.1 Å². The Bertz CT molecular complexity index is 877. The molecule has 0 aliphatic heterocycles.